The standard InChI is InChI=1S/C16H17NO3S/c1-10-11(2)21-15(14(10)16(19)20)17-13(18)9-8-12-6-4-3-5-7-12/h3-7H,8-9H2,1-2H3,(H,17,18)(H,19,20)/p-1. The Bertz CT molecular complexity index is 662. The van der Waals surface area contributed by atoms with E-state index in [1.807, 2.05) is 37.3 Å². The van der Waals surface area contributed by atoms with Crippen LogP contribution in [-0.2, 0) is 11.2 Å². The number of nitrogens with one attached hydrogen (secondary N) is 1. The third kappa shape index (κ3) is 3.70. The zero-order chi connectivity index (χ0) is 15.4. The lowest BCUT2D eigenvalue weighted by Crippen LogP contribution is -2.24. The van der Waals surface area contributed by atoms with Crippen molar-refractivity contribution in [3.63, 3.8) is 0 Å². The van der Waals surface area contributed by atoms with E-state index in [0.717, 1.165) is 10.4 Å². The third-order valence-corrected chi connectivity index (χ3v) is 4.45. The zero-order valence-electron chi connectivity index (χ0n) is 11.9. The second-order valence-corrected chi connectivity index (χ2v) is 6.03. The minimum Gasteiger partial charge on any atom is -0.545 e. The summed E-state index contributed by atoms with van der Waals surface area (Å²) in [4.78, 5) is 24.0. The number of rotatable bonds is 5. The second-order valence-electron chi connectivity index (χ2n) is 4.81. The van der Waals surface area contributed by atoms with Crippen molar-refractivity contribution in [3.05, 3.63) is 51.9 Å². The molecule has 0 atom stereocenters. The number of benzene rings is 1. The number of carboxylic acid groups (broad SMARTS) is 1. The Balaban J connectivity index is 2.03. The van der Waals surface area contributed by atoms with Crippen LogP contribution < -0.4 is 10.4 Å². The lowest BCUT2D eigenvalue weighted by molar-refractivity contribution is -0.254. The van der Waals surface area contributed by atoms with Crippen molar-refractivity contribution in [3.8, 4) is 0 Å². The van der Waals surface area contributed by atoms with Gasteiger partial charge in [-0.3, -0.25) is 4.79 Å². The van der Waals surface area contributed by atoms with Gasteiger partial charge in [0.05, 0.1) is 5.97 Å². The highest BCUT2D eigenvalue weighted by Crippen LogP contribution is 2.32. The summed E-state index contributed by atoms with van der Waals surface area (Å²) in [5, 5.41) is 14.2. The second kappa shape index (κ2) is 6.54. The molecule has 0 radical (unpaired) electrons. The van der Waals surface area contributed by atoms with E-state index in [1.54, 1.807) is 6.92 Å². The molecule has 1 amide bonds. The van der Waals surface area contributed by atoms with Crippen LogP contribution in [0, 0.1) is 13.8 Å². The van der Waals surface area contributed by atoms with Crippen molar-refractivity contribution in [1.82, 2.24) is 0 Å². The number of hydrogen-bond donors (Lipinski definition) is 1. The largest absolute Gasteiger partial charge is 0.545 e. The molecule has 0 unspecified atom stereocenters. The van der Waals surface area contributed by atoms with Crippen LogP contribution in [0.4, 0.5) is 5.00 Å². The van der Waals surface area contributed by atoms with Gasteiger partial charge in [0, 0.05) is 16.9 Å². The Labute approximate surface area is 127 Å². The van der Waals surface area contributed by atoms with Crippen LogP contribution in [0.15, 0.2) is 30.3 Å². The molecule has 0 saturated carbocycles. The van der Waals surface area contributed by atoms with Crippen molar-refractivity contribution in [1.29, 1.82) is 0 Å². The monoisotopic (exact) mass is 302 g/mol. The van der Waals surface area contributed by atoms with E-state index in [2.05, 4.69) is 5.32 Å². The van der Waals surface area contributed by atoms with Crippen molar-refractivity contribution >= 4 is 28.2 Å². The van der Waals surface area contributed by atoms with E-state index in [9.17, 15) is 14.7 Å². The predicted molar refractivity (Wildman–Crippen MR) is 81.5 cm³/mol. The van der Waals surface area contributed by atoms with Gasteiger partial charge in [0.1, 0.15) is 5.00 Å². The minimum atomic E-state index is -1.25. The van der Waals surface area contributed by atoms with Crippen LogP contribution >= 0.6 is 11.3 Å². The van der Waals surface area contributed by atoms with Crippen LogP contribution in [0.25, 0.3) is 0 Å². The molecule has 5 heteroatoms. The summed E-state index contributed by atoms with van der Waals surface area (Å²) in [6.45, 7) is 3.54. The van der Waals surface area contributed by atoms with E-state index in [4.69, 9.17) is 0 Å². The summed E-state index contributed by atoms with van der Waals surface area (Å²) < 4.78 is 0. The van der Waals surface area contributed by atoms with Gasteiger partial charge in [-0.05, 0) is 31.4 Å². The predicted octanol–water partition coefficient (Wildman–Crippen LogP) is 2.30. The topological polar surface area (TPSA) is 69.2 Å². The van der Waals surface area contributed by atoms with Gasteiger partial charge in [-0.2, -0.15) is 0 Å². The van der Waals surface area contributed by atoms with Crippen LogP contribution in [-0.4, -0.2) is 11.9 Å². The van der Waals surface area contributed by atoms with Crippen molar-refractivity contribution in [2.75, 3.05) is 5.32 Å². The molecule has 1 aromatic carbocycles. The number of aromatic carboxylic acids is 1. The fourth-order valence-corrected chi connectivity index (χ4v) is 3.12. The highest BCUT2D eigenvalue weighted by molar-refractivity contribution is 7.16. The Hall–Kier alpha value is -2.14. The highest BCUT2D eigenvalue weighted by Gasteiger charge is 2.15. The maximum Gasteiger partial charge on any atom is 0.225 e. The van der Waals surface area contributed by atoms with E-state index >= 15 is 0 Å². The van der Waals surface area contributed by atoms with Gasteiger partial charge in [0.25, 0.3) is 0 Å². The normalized spacial score (nSPS) is 10.4. The van der Waals surface area contributed by atoms with Crippen LogP contribution in [0.3, 0.4) is 0 Å². The van der Waals surface area contributed by atoms with Crippen LogP contribution in [0.2, 0.25) is 0 Å². The van der Waals surface area contributed by atoms with Gasteiger partial charge in [-0.15, -0.1) is 11.3 Å². The smallest absolute Gasteiger partial charge is 0.225 e. The molecule has 0 spiro atoms. The first kappa shape index (κ1) is 15.3. The summed E-state index contributed by atoms with van der Waals surface area (Å²) in [6, 6.07) is 9.69. The first-order chi connectivity index (χ1) is 9.99. The Kier molecular flexibility index (Phi) is 4.75. The summed E-state index contributed by atoms with van der Waals surface area (Å²) in [6.07, 6.45) is 0.934. The number of thiophene rings is 1. The van der Waals surface area contributed by atoms with Gasteiger partial charge in [-0.1, -0.05) is 30.3 Å². The average Bonchev–Trinajstić information content (AvgIpc) is 2.72. The minimum absolute atomic E-state index is 0.0885. The van der Waals surface area contributed by atoms with E-state index in [0.29, 0.717) is 23.4 Å². The Morgan fingerprint density at radius 3 is 2.48 bits per heavy atom. The molecule has 1 N–H and O–H groups in total. The number of hydrogen-bond acceptors (Lipinski definition) is 4. The van der Waals surface area contributed by atoms with Crippen LogP contribution in [0.5, 0.6) is 0 Å². The van der Waals surface area contributed by atoms with Crippen molar-refractivity contribution < 1.29 is 14.7 Å². The number of amides is 1. The highest BCUT2D eigenvalue weighted by atomic mass is 32.1. The summed E-state index contributed by atoms with van der Waals surface area (Å²) in [5.74, 6) is -1.45. The summed E-state index contributed by atoms with van der Waals surface area (Å²) in [5.41, 5.74) is 1.82. The van der Waals surface area contributed by atoms with E-state index in [1.165, 1.54) is 11.3 Å². The lowest BCUT2D eigenvalue weighted by atomic mass is 10.1. The van der Waals surface area contributed by atoms with Crippen LogP contribution in [0.1, 0.15) is 32.8 Å². The first-order valence-electron chi connectivity index (χ1n) is 6.64. The maximum atomic E-state index is 12.0. The molecule has 21 heavy (non-hydrogen) atoms. The van der Waals surface area contributed by atoms with Crippen molar-refractivity contribution in [2.45, 2.75) is 26.7 Å². The number of carbonyl (C=O) groups is 2. The number of carbonyl (C=O) groups excluding carboxylic acids is 2. The molecule has 1 aromatic heterocycles. The number of anilines is 1. The molecule has 2 rings (SSSR count). The number of aryl methyl sites for hydroxylation is 2. The molecule has 0 saturated heterocycles. The SMILES string of the molecule is Cc1sc(NC(=O)CCc2ccccc2)c(C(=O)[O-])c1C. The third-order valence-electron chi connectivity index (χ3n) is 3.33. The summed E-state index contributed by atoms with van der Waals surface area (Å²) >= 11 is 1.27. The number of carboxylic acids is 1. The van der Waals surface area contributed by atoms with Crippen molar-refractivity contribution in [2.24, 2.45) is 0 Å². The quantitative estimate of drug-likeness (QED) is 0.921. The van der Waals surface area contributed by atoms with E-state index in [-0.39, 0.29) is 11.5 Å². The van der Waals surface area contributed by atoms with E-state index < -0.39 is 5.97 Å². The fourth-order valence-electron chi connectivity index (χ4n) is 2.05. The Morgan fingerprint density at radius 1 is 1.19 bits per heavy atom. The molecule has 0 aliphatic rings. The molecule has 110 valence electrons. The molecule has 0 bridgehead atoms. The van der Waals surface area contributed by atoms with Gasteiger partial charge >= 0.3 is 0 Å². The van der Waals surface area contributed by atoms with Gasteiger partial charge in [-0.25, -0.2) is 0 Å². The lowest BCUT2D eigenvalue weighted by Gasteiger charge is -2.08. The molecule has 2 aromatic rings. The fraction of sp³-hybridized carbons (Fsp3) is 0.250. The van der Waals surface area contributed by atoms with Gasteiger partial charge in [0.15, 0.2) is 0 Å². The first-order valence-corrected chi connectivity index (χ1v) is 7.45. The van der Waals surface area contributed by atoms with Gasteiger partial charge in [0.2, 0.25) is 5.91 Å². The molecular formula is C16H16NO3S-. The molecule has 0 aliphatic carbocycles. The maximum absolute atomic E-state index is 12.0. The summed E-state index contributed by atoms with van der Waals surface area (Å²) in [7, 11) is 0. The molecule has 0 fully saturated rings. The van der Waals surface area contributed by atoms with Gasteiger partial charge < -0.3 is 15.2 Å². The molecular weight excluding hydrogens is 286 g/mol. The average molecular weight is 302 g/mol. The molecule has 1 heterocycles. The Morgan fingerprint density at radius 2 is 1.86 bits per heavy atom. The molecule has 0 aliphatic heterocycles. The molecule has 4 nitrogen and oxygen atoms in total. The zero-order valence-corrected chi connectivity index (χ0v) is 12.8.